The maximum atomic E-state index is 10.9. The van der Waals surface area contributed by atoms with E-state index < -0.39 is 6.10 Å². The van der Waals surface area contributed by atoms with Crippen LogP contribution in [0.5, 0.6) is 0 Å². The van der Waals surface area contributed by atoms with Crippen molar-refractivity contribution in [2.75, 3.05) is 0 Å². The van der Waals surface area contributed by atoms with Crippen molar-refractivity contribution in [1.82, 2.24) is 0 Å². The van der Waals surface area contributed by atoms with Crippen LogP contribution in [0.1, 0.15) is 37.4 Å². The minimum atomic E-state index is -0.424. The average molecular weight is 218 g/mol. The van der Waals surface area contributed by atoms with Gasteiger partial charge in [0.25, 0.3) is 0 Å². The molecule has 86 valence electrons. The second-order valence-electron chi connectivity index (χ2n) is 4.65. The topological polar surface area (TPSA) is 37.3 Å². The molecule has 0 aromatic heterocycles. The molecule has 1 unspecified atom stereocenters. The van der Waals surface area contributed by atoms with Gasteiger partial charge in [-0.15, -0.1) is 0 Å². The minimum Gasteiger partial charge on any atom is -0.388 e. The Hall–Kier alpha value is -1.15. The standard InChI is InChI=1S/C14H18O2/c15-10-13-8-4-7-12(13)9-14(16)11-5-2-1-3-6-11/h1-3,5-6,10,12-14,16H,4,7-9H2/t12-,13+,14?/m0/s1. The van der Waals surface area contributed by atoms with Crippen LogP contribution in [0.3, 0.4) is 0 Å². The van der Waals surface area contributed by atoms with Crippen molar-refractivity contribution in [1.29, 1.82) is 0 Å². The van der Waals surface area contributed by atoms with E-state index in [2.05, 4.69) is 0 Å². The number of carbonyl (C=O) groups excluding carboxylic acids is 1. The molecule has 1 aliphatic rings. The van der Waals surface area contributed by atoms with E-state index in [1.54, 1.807) is 0 Å². The maximum absolute atomic E-state index is 10.9. The van der Waals surface area contributed by atoms with Gasteiger partial charge in [-0.2, -0.15) is 0 Å². The zero-order valence-electron chi connectivity index (χ0n) is 9.38. The minimum absolute atomic E-state index is 0.165. The zero-order chi connectivity index (χ0) is 11.4. The predicted octanol–water partition coefficient (Wildman–Crippen LogP) is 2.73. The summed E-state index contributed by atoms with van der Waals surface area (Å²) < 4.78 is 0. The second kappa shape index (κ2) is 5.26. The molecule has 3 atom stereocenters. The van der Waals surface area contributed by atoms with Gasteiger partial charge in [-0.25, -0.2) is 0 Å². The van der Waals surface area contributed by atoms with E-state index in [1.165, 1.54) is 0 Å². The Morgan fingerprint density at radius 1 is 1.31 bits per heavy atom. The number of aldehydes is 1. The molecule has 2 nitrogen and oxygen atoms in total. The Labute approximate surface area is 96.3 Å². The largest absolute Gasteiger partial charge is 0.388 e. The van der Waals surface area contributed by atoms with Gasteiger partial charge in [-0.05, 0) is 30.7 Å². The molecule has 1 N–H and O–H groups in total. The normalized spacial score (nSPS) is 26.6. The van der Waals surface area contributed by atoms with E-state index in [4.69, 9.17) is 0 Å². The third-order valence-electron chi connectivity index (χ3n) is 3.60. The van der Waals surface area contributed by atoms with Crippen LogP contribution >= 0.6 is 0 Å². The first kappa shape index (κ1) is 11.3. The van der Waals surface area contributed by atoms with Crippen molar-refractivity contribution in [3.05, 3.63) is 35.9 Å². The summed E-state index contributed by atoms with van der Waals surface area (Å²) in [6.07, 6.45) is 4.55. The van der Waals surface area contributed by atoms with Crippen molar-refractivity contribution < 1.29 is 9.90 Å². The first-order valence-corrected chi connectivity index (χ1v) is 5.99. The summed E-state index contributed by atoms with van der Waals surface area (Å²) in [5.74, 6) is 0.533. The lowest BCUT2D eigenvalue weighted by molar-refractivity contribution is -0.112. The van der Waals surface area contributed by atoms with Crippen LogP contribution < -0.4 is 0 Å². The quantitative estimate of drug-likeness (QED) is 0.789. The van der Waals surface area contributed by atoms with Crippen LogP contribution in [0, 0.1) is 11.8 Å². The molecule has 0 spiro atoms. The van der Waals surface area contributed by atoms with Gasteiger partial charge in [-0.3, -0.25) is 0 Å². The Bertz CT molecular complexity index is 334. The van der Waals surface area contributed by atoms with Gasteiger partial charge in [0.15, 0.2) is 0 Å². The van der Waals surface area contributed by atoms with Gasteiger partial charge < -0.3 is 9.90 Å². The number of benzene rings is 1. The van der Waals surface area contributed by atoms with Crippen LogP contribution in [0.15, 0.2) is 30.3 Å². The molecule has 2 rings (SSSR count). The van der Waals surface area contributed by atoms with Gasteiger partial charge in [0.2, 0.25) is 0 Å². The number of rotatable bonds is 4. The lowest BCUT2D eigenvalue weighted by atomic mass is 9.89. The summed E-state index contributed by atoms with van der Waals surface area (Å²) in [6.45, 7) is 0. The first-order chi connectivity index (χ1) is 7.81. The van der Waals surface area contributed by atoms with Gasteiger partial charge >= 0.3 is 0 Å². The molecule has 0 radical (unpaired) electrons. The molecule has 1 saturated carbocycles. The molecule has 1 aliphatic carbocycles. The highest BCUT2D eigenvalue weighted by atomic mass is 16.3. The Morgan fingerprint density at radius 2 is 2.06 bits per heavy atom. The fourth-order valence-electron chi connectivity index (χ4n) is 2.64. The van der Waals surface area contributed by atoms with E-state index in [1.807, 2.05) is 30.3 Å². The SMILES string of the molecule is O=C[C@H]1CCC[C@H]1CC(O)c1ccccc1. The molecule has 0 bridgehead atoms. The highest BCUT2D eigenvalue weighted by Crippen LogP contribution is 2.36. The third kappa shape index (κ3) is 2.50. The smallest absolute Gasteiger partial charge is 0.123 e. The number of aliphatic hydroxyl groups is 1. The molecule has 1 fully saturated rings. The Morgan fingerprint density at radius 3 is 2.75 bits per heavy atom. The van der Waals surface area contributed by atoms with Crippen molar-refractivity contribution in [3.63, 3.8) is 0 Å². The number of aliphatic hydroxyl groups excluding tert-OH is 1. The van der Waals surface area contributed by atoms with E-state index in [0.717, 1.165) is 31.1 Å². The summed E-state index contributed by atoms with van der Waals surface area (Å²) >= 11 is 0. The van der Waals surface area contributed by atoms with Crippen molar-refractivity contribution in [2.24, 2.45) is 11.8 Å². The molecule has 1 aromatic carbocycles. The summed E-state index contributed by atoms with van der Waals surface area (Å²) in [4.78, 5) is 10.9. The van der Waals surface area contributed by atoms with Gasteiger partial charge in [0, 0.05) is 5.92 Å². The number of hydrogen-bond donors (Lipinski definition) is 1. The summed E-state index contributed by atoms with van der Waals surface area (Å²) in [7, 11) is 0. The van der Waals surface area contributed by atoms with Crippen molar-refractivity contribution in [2.45, 2.75) is 31.8 Å². The van der Waals surface area contributed by atoms with Crippen LogP contribution in [0.4, 0.5) is 0 Å². The molecule has 0 heterocycles. The van der Waals surface area contributed by atoms with E-state index in [0.29, 0.717) is 12.3 Å². The van der Waals surface area contributed by atoms with Crippen LogP contribution in [0.2, 0.25) is 0 Å². The molecule has 16 heavy (non-hydrogen) atoms. The van der Waals surface area contributed by atoms with Gasteiger partial charge in [0.05, 0.1) is 6.10 Å². The zero-order valence-corrected chi connectivity index (χ0v) is 9.38. The molecule has 0 amide bonds. The first-order valence-electron chi connectivity index (χ1n) is 5.99. The highest BCUT2D eigenvalue weighted by molar-refractivity contribution is 5.54. The Balaban J connectivity index is 1.97. The molecule has 2 heteroatoms. The fourth-order valence-corrected chi connectivity index (χ4v) is 2.64. The molecular formula is C14H18O2. The molecule has 0 aliphatic heterocycles. The lowest BCUT2D eigenvalue weighted by Crippen LogP contribution is -2.13. The van der Waals surface area contributed by atoms with Crippen LogP contribution in [-0.4, -0.2) is 11.4 Å². The van der Waals surface area contributed by atoms with Gasteiger partial charge in [0.1, 0.15) is 6.29 Å². The van der Waals surface area contributed by atoms with Crippen LogP contribution in [-0.2, 0) is 4.79 Å². The second-order valence-corrected chi connectivity index (χ2v) is 4.65. The number of carbonyl (C=O) groups is 1. The van der Waals surface area contributed by atoms with E-state index in [9.17, 15) is 9.90 Å². The van der Waals surface area contributed by atoms with Crippen molar-refractivity contribution in [3.8, 4) is 0 Å². The molecular weight excluding hydrogens is 200 g/mol. The van der Waals surface area contributed by atoms with Gasteiger partial charge in [-0.1, -0.05) is 36.8 Å². The monoisotopic (exact) mass is 218 g/mol. The predicted molar refractivity (Wildman–Crippen MR) is 62.9 cm³/mol. The third-order valence-corrected chi connectivity index (χ3v) is 3.60. The average Bonchev–Trinajstić information content (AvgIpc) is 2.77. The lowest BCUT2D eigenvalue weighted by Gasteiger charge is -2.18. The van der Waals surface area contributed by atoms with Crippen molar-refractivity contribution >= 4 is 6.29 Å². The maximum Gasteiger partial charge on any atom is 0.123 e. The summed E-state index contributed by atoms with van der Waals surface area (Å²) in [6, 6.07) is 9.69. The fraction of sp³-hybridized carbons (Fsp3) is 0.500. The van der Waals surface area contributed by atoms with E-state index in [-0.39, 0.29) is 5.92 Å². The number of hydrogen-bond acceptors (Lipinski definition) is 2. The molecule has 0 saturated heterocycles. The highest BCUT2D eigenvalue weighted by Gasteiger charge is 2.28. The summed E-state index contributed by atoms with van der Waals surface area (Å²) in [5, 5.41) is 10.1. The van der Waals surface area contributed by atoms with Crippen LogP contribution in [0.25, 0.3) is 0 Å². The van der Waals surface area contributed by atoms with E-state index >= 15 is 0 Å². The summed E-state index contributed by atoms with van der Waals surface area (Å²) in [5.41, 5.74) is 0.957. The Kier molecular flexibility index (Phi) is 3.73. The molecule has 1 aromatic rings.